The predicted octanol–water partition coefficient (Wildman–Crippen LogP) is 4.08. The Balaban J connectivity index is 3.07. The van der Waals surface area contributed by atoms with Crippen molar-refractivity contribution < 1.29 is 17.9 Å². The van der Waals surface area contributed by atoms with E-state index < -0.39 is 12.2 Å². The lowest BCUT2D eigenvalue weighted by Crippen LogP contribution is -2.35. The third-order valence-corrected chi connectivity index (χ3v) is 2.52. The second-order valence-corrected chi connectivity index (χ2v) is 4.63. The maximum Gasteiger partial charge on any atom is 0.408 e. The van der Waals surface area contributed by atoms with Gasteiger partial charge in [-0.2, -0.15) is 13.2 Å². The fourth-order valence-electron chi connectivity index (χ4n) is 1.77. The Morgan fingerprint density at radius 1 is 1.21 bits per heavy atom. The first-order chi connectivity index (χ1) is 8.86. The van der Waals surface area contributed by atoms with E-state index in [4.69, 9.17) is 4.74 Å². The van der Waals surface area contributed by atoms with Crippen molar-refractivity contribution in [3.63, 3.8) is 0 Å². The molecule has 0 bridgehead atoms. The Hall–Kier alpha value is -1.23. The van der Waals surface area contributed by atoms with Gasteiger partial charge in [-0.15, -0.1) is 0 Å². The average Bonchev–Trinajstić information content (AvgIpc) is 2.29. The van der Waals surface area contributed by atoms with Crippen molar-refractivity contribution in [2.45, 2.75) is 45.5 Å². The average molecular weight is 275 g/mol. The lowest BCUT2D eigenvalue weighted by molar-refractivity contribution is -0.158. The van der Waals surface area contributed by atoms with Crippen LogP contribution in [0, 0.1) is 0 Å². The van der Waals surface area contributed by atoms with Gasteiger partial charge in [0.05, 0.1) is 6.10 Å². The Morgan fingerprint density at radius 3 is 2.37 bits per heavy atom. The standard InChI is InChI=1S/C14H20F3NO/c1-4-9-18-13(14(15,16)17)11-7-5-6-8-12(11)19-10(2)3/h5-8,10,13,18H,4,9H2,1-3H3. The summed E-state index contributed by atoms with van der Waals surface area (Å²) < 4.78 is 44.8. The molecule has 0 aromatic heterocycles. The van der Waals surface area contributed by atoms with E-state index in [0.29, 0.717) is 13.0 Å². The van der Waals surface area contributed by atoms with Crippen molar-refractivity contribution in [2.24, 2.45) is 0 Å². The van der Waals surface area contributed by atoms with Crippen LogP contribution in [0.2, 0.25) is 0 Å². The van der Waals surface area contributed by atoms with Crippen LogP contribution >= 0.6 is 0 Å². The first-order valence-electron chi connectivity index (χ1n) is 6.42. The highest BCUT2D eigenvalue weighted by molar-refractivity contribution is 5.37. The quantitative estimate of drug-likeness (QED) is 0.844. The van der Waals surface area contributed by atoms with Gasteiger partial charge in [-0.3, -0.25) is 0 Å². The van der Waals surface area contributed by atoms with Crippen LogP contribution in [0.3, 0.4) is 0 Å². The Morgan fingerprint density at radius 2 is 1.84 bits per heavy atom. The van der Waals surface area contributed by atoms with E-state index in [-0.39, 0.29) is 17.4 Å². The number of alkyl halides is 3. The smallest absolute Gasteiger partial charge is 0.408 e. The summed E-state index contributed by atoms with van der Waals surface area (Å²) in [6.07, 6.45) is -3.87. The zero-order chi connectivity index (χ0) is 14.5. The van der Waals surface area contributed by atoms with Gasteiger partial charge in [0.25, 0.3) is 0 Å². The van der Waals surface area contributed by atoms with Crippen molar-refractivity contribution in [3.05, 3.63) is 29.8 Å². The summed E-state index contributed by atoms with van der Waals surface area (Å²) in [6, 6.07) is 4.60. The van der Waals surface area contributed by atoms with Crippen LogP contribution in [0.4, 0.5) is 13.2 Å². The van der Waals surface area contributed by atoms with Crippen LogP contribution in [0.25, 0.3) is 0 Å². The fraction of sp³-hybridized carbons (Fsp3) is 0.571. The number of nitrogens with one attached hydrogen (secondary N) is 1. The maximum atomic E-state index is 13.1. The molecule has 0 aliphatic rings. The van der Waals surface area contributed by atoms with Crippen molar-refractivity contribution in [1.82, 2.24) is 5.32 Å². The number of rotatable bonds is 6. The minimum absolute atomic E-state index is 0.136. The molecule has 0 spiro atoms. The lowest BCUT2D eigenvalue weighted by atomic mass is 10.0. The Bertz CT molecular complexity index is 391. The molecule has 1 aromatic carbocycles. The van der Waals surface area contributed by atoms with Gasteiger partial charge < -0.3 is 10.1 Å². The molecule has 1 aromatic rings. The number of halogens is 3. The minimum Gasteiger partial charge on any atom is -0.491 e. The molecule has 0 aliphatic carbocycles. The molecule has 1 atom stereocenters. The molecule has 2 nitrogen and oxygen atoms in total. The number of ether oxygens (including phenoxy) is 1. The zero-order valence-corrected chi connectivity index (χ0v) is 11.4. The van der Waals surface area contributed by atoms with Gasteiger partial charge in [0, 0.05) is 5.56 Å². The highest BCUT2D eigenvalue weighted by atomic mass is 19.4. The first kappa shape index (κ1) is 15.8. The van der Waals surface area contributed by atoms with Gasteiger partial charge in [-0.05, 0) is 32.9 Å². The maximum absolute atomic E-state index is 13.1. The molecule has 0 amide bonds. The largest absolute Gasteiger partial charge is 0.491 e. The lowest BCUT2D eigenvalue weighted by Gasteiger charge is -2.24. The van der Waals surface area contributed by atoms with E-state index in [0.717, 1.165) is 0 Å². The molecular formula is C14H20F3NO. The molecule has 108 valence electrons. The molecule has 0 heterocycles. The first-order valence-corrected chi connectivity index (χ1v) is 6.42. The summed E-state index contributed by atoms with van der Waals surface area (Å²) in [5.41, 5.74) is 0.136. The van der Waals surface area contributed by atoms with E-state index in [1.54, 1.807) is 32.0 Å². The second kappa shape index (κ2) is 6.80. The van der Waals surface area contributed by atoms with Crippen LogP contribution in [0.1, 0.15) is 38.8 Å². The van der Waals surface area contributed by atoms with Crippen LogP contribution < -0.4 is 10.1 Å². The summed E-state index contributed by atoms with van der Waals surface area (Å²) >= 11 is 0. The van der Waals surface area contributed by atoms with Gasteiger partial charge in [0.15, 0.2) is 0 Å². The molecule has 0 fully saturated rings. The van der Waals surface area contributed by atoms with Crippen LogP contribution in [0.15, 0.2) is 24.3 Å². The number of benzene rings is 1. The fourth-order valence-corrected chi connectivity index (χ4v) is 1.77. The van der Waals surface area contributed by atoms with E-state index in [1.807, 2.05) is 6.92 Å². The van der Waals surface area contributed by atoms with E-state index in [2.05, 4.69) is 5.32 Å². The summed E-state index contributed by atoms with van der Waals surface area (Å²) in [7, 11) is 0. The van der Waals surface area contributed by atoms with Crippen molar-refractivity contribution in [2.75, 3.05) is 6.54 Å². The SMILES string of the molecule is CCCNC(c1ccccc1OC(C)C)C(F)(F)F. The van der Waals surface area contributed by atoms with Crippen LogP contribution in [-0.4, -0.2) is 18.8 Å². The summed E-state index contributed by atoms with van der Waals surface area (Å²) in [6.45, 7) is 5.72. The summed E-state index contributed by atoms with van der Waals surface area (Å²) in [5.74, 6) is 0.281. The van der Waals surface area contributed by atoms with Gasteiger partial charge >= 0.3 is 6.18 Å². The Labute approximate surface area is 112 Å². The monoisotopic (exact) mass is 275 g/mol. The number of hydrogen-bond donors (Lipinski definition) is 1. The number of para-hydroxylation sites is 1. The molecule has 19 heavy (non-hydrogen) atoms. The molecule has 1 N–H and O–H groups in total. The molecule has 1 unspecified atom stereocenters. The summed E-state index contributed by atoms with van der Waals surface area (Å²) in [5, 5.41) is 2.53. The van der Waals surface area contributed by atoms with Gasteiger partial charge in [-0.1, -0.05) is 25.1 Å². The highest BCUT2D eigenvalue weighted by Crippen LogP contribution is 2.37. The molecular weight excluding hydrogens is 255 g/mol. The van der Waals surface area contributed by atoms with E-state index in [1.165, 1.54) is 6.07 Å². The van der Waals surface area contributed by atoms with Gasteiger partial charge in [-0.25, -0.2) is 0 Å². The predicted molar refractivity (Wildman–Crippen MR) is 69.3 cm³/mol. The summed E-state index contributed by atoms with van der Waals surface area (Å²) in [4.78, 5) is 0. The van der Waals surface area contributed by atoms with Gasteiger partial charge in [0.1, 0.15) is 11.8 Å². The molecule has 1 rings (SSSR count). The minimum atomic E-state index is -4.34. The van der Waals surface area contributed by atoms with Crippen LogP contribution in [0.5, 0.6) is 5.75 Å². The number of hydrogen-bond acceptors (Lipinski definition) is 2. The molecule has 0 radical (unpaired) electrons. The topological polar surface area (TPSA) is 21.3 Å². The van der Waals surface area contributed by atoms with Gasteiger partial charge in [0.2, 0.25) is 0 Å². The molecule has 0 saturated carbocycles. The van der Waals surface area contributed by atoms with E-state index >= 15 is 0 Å². The van der Waals surface area contributed by atoms with Crippen LogP contribution in [-0.2, 0) is 0 Å². The highest BCUT2D eigenvalue weighted by Gasteiger charge is 2.41. The molecule has 0 aliphatic heterocycles. The third-order valence-electron chi connectivity index (χ3n) is 2.52. The van der Waals surface area contributed by atoms with Crippen molar-refractivity contribution >= 4 is 0 Å². The molecule has 0 saturated heterocycles. The second-order valence-electron chi connectivity index (χ2n) is 4.63. The third kappa shape index (κ3) is 4.74. The molecule has 5 heteroatoms. The normalized spacial score (nSPS) is 13.6. The van der Waals surface area contributed by atoms with Crippen molar-refractivity contribution in [3.8, 4) is 5.75 Å². The Kier molecular flexibility index (Phi) is 5.66. The van der Waals surface area contributed by atoms with E-state index in [9.17, 15) is 13.2 Å². The zero-order valence-electron chi connectivity index (χ0n) is 11.4. The van der Waals surface area contributed by atoms with Crippen molar-refractivity contribution in [1.29, 1.82) is 0 Å².